The molecule has 4 heteroatoms. The second kappa shape index (κ2) is 9.42. The number of carbonyl (C=O) groups excluding carboxylic acids is 1. The van der Waals surface area contributed by atoms with E-state index in [9.17, 15) is 4.79 Å². The number of amides is 1. The van der Waals surface area contributed by atoms with Crippen molar-refractivity contribution in [2.45, 2.75) is 26.0 Å². The summed E-state index contributed by atoms with van der Waals surface area (Å²) in [6, 6.07) is 8.71. The molecule has 4 nitrogen and oxygen atoms in total. The molecule has 0 aliphatic heterocycles. The Morgan fingerprint density at radius 2 is 2.06 bits per heavy atom. The number of carbonyl (C=O) groups is 1. The lowest BCUT2D eigenvalue weighted by Gasteiger charge is -2.08. The largest absolute Gasteiger partial charge is 0.508 e. The van der Waals surface area contributed by atoms with Crippen LogP contribution in [0.1, 0.15) is 19.8 Å². The van der Waals surface area contributed by atoms with Crippen molar-refractivity contribution >= 4 is 5.91 Å². The first-order valence-electron chi connectivity index (χ1n) is 5.45. The van der Waals surface area contributed by atoms with E-state index >= 15 is 0 Å². The molecule has 1 aromatic carbocycles. The third-order valence-corrected chi connectivity index (χ3v) is 1.81. The summed E-state index contributed by atoms with van der Waals surface area (Å²) in [5.41, 5.74) is 0. The third kappa shape index (κ3) is 9.14. The summed E-state index contributed by atoms with van der Waals surface area (Å²) in [6.45, 7) is 5.18. The number of aliphatic hydroxyl groups excluding tert-OH is 1. The Labute approximate surface area is 102 Å². The van der Waals surface area contributed by atoms with Crippen molar-refractivity contribution in [3.63, 3.8) is 0 Å². The quantitative estimate of drug-likeness (QED) is 0.552. The number of aromatic hydroxyl groups is 1. The molecule has 0 saturated carbocycles. The molecule has 0 radical (unpaired) electrons. The molecule has 0 spiro atoms. The zero-order valence-corrected chi connectivity index (χ0v) is 9.97. The van der Waals surface area contributed by atoms with E-state index in [0.29, 0.717) is 12.2 Å². The van der Waals surface area contributed by atoms with Gasteiger partial charge in [-0.2, -0.15) is 0 Å². The monoisotopic (exact) mass is 237 g/mol. The van der Waals surface area contributed by atoms with Gasteiger partial charge in [-0.3, -0.25) is 4.79 Å². The average molecular weight is 237 g/mol. The van der Waals surface area contributed by atoms with Gasteiger partial charge < -0.3 is 15.5 Å². The van der Waals surface area contributed by atoms with E-state index in [2.05, 4.69) is 11.9 Å². The Kier molecular flexibility index (Phi) is 8.42. The Morgan fingerprint density at radius 3 is 2.41 bits per heavy atom. The van der Waals surface area contributed by atoms with Gasteiger partial charge in [-0.05, 0) is 24.6 Å². The average Bonchev–Trinajstić information content (AvgIpc) is 2.31. The van der Waals surface area contributed by atoms with Crippen LogP contribution >= 0.6 is 0 Å². The van der Waals surface area contributed by atoms with Crippen molar-refractivity contribution in [3.8, 4) is 5.75 Å². The van der Waals surface area contributed by atoms with Gasteiger partial charge >= 0.3 is 0 Å². The summed E-state index contributed by atoms with van der Waals surface area (Å²) >= 11 is 0. The molecule has 1 rings (SSSR count). The van der Waals surface area contributed by atoms with Crippen molar-refractivity contribution in [1.82, 2.24) is 5.32 Å². The highest BCUT2D eigenvalue weighted by molar-refractivity contribution is 5.86. The molecule has 94 valence electrons. The minimum absolute atomic E-state index is 0.322. The molecule has 17 heavy (non-hydrogen) atoms. The maximum atomic E-state index is 10.5. The van der Waals surface area contributed by atoms with Crippen LogP contribution in [-0.2, 0) is 4.79 Å². The predicted molar refractivity (Wildman–Crippen MR) is 67.4 cm³/mol. The number of nitrogens with one attached hydrogen (secondary N) is 1. The minimum atomic E-state index is -0.726. The summed E-state index contributed by atoms with van der Waals surface area (Å²) < 4.78 is 0. The lowest BCUT2D eigenvalue weighted by Crippen LogP contribution is -2.32. The van der Waals surface area contributed by atoms with Crippen LogP contribution in [0.4, 0.5) is 0 Å². The number of aliphatic hydroxyl groups is 1. The number of phenolic OH excluding ortho intramolecular Hbond substituents is 1. The lowest BCUT2D eigenvalue weighted by molar-refractivity contribution is -0.119. The first-order valence-corrected chi connectivity index (χ1v) is 5.45. The zero-order chi connectivity index (χ0) is 13.1. The molecule has 1 unspecified atom stereocenters. The van der Waals surface area contributed by atoms with Gasteiger partial charge in [0.1, 0.15) is 12.0 Å². The zero-order valence-electron chi connectivity index (χ0n) is 9.97. The normalized spacial score (nSPS) is 10.7. The molecule has 1 amide bonds. The van der Waals surface area contributed by atoms with Crippen molar-refractivity contribution in [2.24, 2.45) is 0 Å². The maximum Gasteiger partial charge on any atom is 0.245 e. The summed E-state index contributed by atoms with van der Waals surface area (Å²) in [7, 11) is 0. The van der Waals surface area contributed by atoms with Crippen molar-refractivity contribution < 1.29 is 15.0 Å². The van der Waals surface area contributed by atoms with E-state index < -0.39 is 6.23 Å². The fourth-order valence-corrected chi connectivity index (χ4v) is 0.997. The van der Waals surface area contributed by atoms with Crippen molar-refractivity contribution in [1.29, 1.82) is 0 Å². The van der Waals surface area contributed by atoms with Crippen LogP contribution in [0.2, 0.25) is 0 Å². The summed E-state index contributed by atoms with van der Waals surface area (Å²) in [5.74, 6) is -0.0107. The second-order valence-corrected chi connectivity index (χ2v) is 3.35. The van der Waals surface area contributed by atoms with Crippen molar-refractivity contribution in [2.75, 3.05) is 0 Å². The van der Waals surface area contributed by atoms with Crippen LogP contribution in [0, 0.1) is 0 Å². The fourth-order valence-electron chi connectivity index (χ4n) is 0.997. The lowest BCUT2D eigenvalue weighted by atomic mass is 10.3. The summed E-state index contributed by atoms with van der Waals surface area (Å²) in [6.07, 6.45) is 1.84. The maximum absolute atomic E-state index is 10.5. The fraction of sp³-hybridized carbons (Fsp3) is 0.308. The van der Waals surface area contributed by atoms with Gasteiger partial charge in [-0.1, -0.05) is 38.1 Å². The molecule has 0 heterocycles. The molecule has 0 fully saturated rings. The second-order valence-electron chi connectivity index (χ2n) is 3.35. The molecular formula is C13H19NO3. The molecule has 0 aromatic heterocycles. The molecule has 0 aliphatic rings. The topological polar surface area (TPSA) is 69.6 Å². The predicted octanol–water partition coefficient (Wildman–Crippen LogP) is 1.80. The van der Waals surface area contributed by atoms with E-state index in [0.717, 1.165) is 12.5 Å². The molecule has 1 atom stereocenters. The highest BCUT2D eigenvalue weighted by atomic mass is 16.3. The van der Waals surface area contributed by atoms with Gasteiger partial charge in [0, 0.05) is 0 Å². The van der Waals surface area contributed by atoms with Gasteiger partial charge in [0.15, 0.2) is 0 Å². The Hall–Kier alpha value is -1.81. The van der Waals surface area contributed by atoms with E-state index in [1.165, 1.54) is 0 Å². The summed E-state index contributed by atoms with van der Waals surface area (Å²) in [4.78, 5) is 10.5. The first kappa shape index (κ1) is 15.2. The molecule has 1 aromatic rings. The van der Waals surface area contributed by atoms with Crippen LogP contribution < -0.4 is 5.32 Å². The molecule has 0 bridgehead atoms. The van der Waals surface area contributed by atoms with Crippen LogP contribution in [0.25, 0.3) is 0 Å². The van der Waals surface area contributed by atoms with Gasteiger partial charge in [0.05, 0.1) is 0 Å². The van der Waals surface area contributed by atoms with Crippen LogP contribution in [0.15, 0.2) is 43.0 Å². The SMILES string of the molecule is C=CC(=O)NC(O)CCC.Oc1ccccc1. The van der Waals surface area contributed by atoms with E-state index in [1.54, 1.807) is 24.3 Å². The number of benzene rings is 1. The van der Waals surface area contributed by atoms with E-state index in [4.69, 9.17) is 10.2 Å². The number of hydrogen-bond donors (Lipinski definition) is 3. The highest BCUT2D eigenvalue weighted by Gasteiger charge is 2.02. The standard InChI is InChI=1S/C7H13NO2.C6H6O/c1-3-5-7(10)8-6(9)4-2;7-6-4-2-1-3-5-6/h4,7,10H,2-3,5H2,1H3,(H,8,9);1-5,7H. The number of para-hydroxylation sites is 1. The number of hydrogen-bond acceptors (Lipinski definition) is 3. The van der Waals surface area contributed by atoms with Crippen LogP contribution in [-0.4, -0.2) is 22.3 Å². The Bertz CT molecular complexity index is 325. The Morgan fingerprint density at radius 1 is 1.47 bits per heavy atom. The smallest absolute Gasteiger partial charge is 0.245 e. The molecule has 0 saturated heterocycles. The van der Waals surface area contributed by atoms with Crippen LogP contribution in [0.5, 0.6) is 5.75 Å². The number of phenols is 1. The molecule has 3 N–H and O–H groups in total. The first-order chi connectivity index (χ1) is 8.10. The van der Waals surface area contributed by atoms with Gasteiger partial charge in [0.2, 0.25) is 5.91 Å². The van der Waals surface area contributed by atoms with Crippen LogP contribution in [0.3, 0.4) is 0 Å². The van der Waals surface area contributed by atoms with E-state index in [-0.39, 0.29) is 5.91 Å². The van der Waals surface area contributed by atoms with Gasteiger partial charge in [0.25, 0.3) is 0 Å². The van der Waals surface area contributed by atoms with Crippen molar-refractivity contribution in [3.05, 3.63) is 43.0 Å². The highest BCUT2D eigenvalue weighted by Crippen LogP contribution is 2.02. The number of rotatable bonds is 4. The Balaban J connectivity index is 0.000000318. The molecular weight excluding hydrogens is 218 g/mol. The minimum Gasteiger partial charge on any atom is -0.508 e. The third-order valence-electron chi connectivity index (χ3n) is 1.81. The van der Waals surface area contributed by atoms with Gasteiger partial charge in [-0.15, -0.1) is 0 Å². The van der Waals surface area contributed by atoms with E-state index in [1.807, 2.05) is 13.0 Å². The molecule has 0 aliphatic carbocycles. The summed E-state index contributed by atoms with van der Waals surface area (Å²) in [5, 5.41) is 19.9. The van der Waals surface area contributed by atoms with Gasteiger partial charge in [-0.25, -0.2) is 0 Å².